The summed E-state index contributed by atoms with van der Waals surface area (Å²) in [6, 6.07) is 12.9. The number of nitrogens with zero attached hydrogens (tertiary/aromatic N) is 1. The second kappa shape index (κ2) is 8.52. The number of amides is 1. The minimum atomic E-state index is -3.56. The van der Waals surface area contributed by atoms with Gasteiger partial charge in [0, 0.05) is 18.7 Å². The first-order valence-electron chi connectivity index (χ1n) is 10.5. The number of hydrogen-bond donors (Lipinski definition) is 1. The summed E-state index contributed by atoms with van der Waals surface area (Å²) in [7, 11) is -3.56. The van der Waals surface area contributed by atoms with Gasteiger partial charge in [0.05, 0.1) is 10.9 Å². The molecule has 1 fully saturated rings. The summed E-state index contributed by atoms with van der Waals surface area (Å²) in [5, 5.41) is 3.01. The summed E-state index contributed by atoms with van der Waals surface area (Å²) < 4.78 is 27.2. The predicted molar refractivity (Wildman–Crippen MR) is 120 cm³/mol. The van der Waals surface area contributed by atoms with Crippen LogP contribution in [0.15, 0.2) is 47.4 Å². The van der Waals surface area contributed by atoms with E-state index in [1.165, 1.54) is 15.9 Å². The standard InChI is InChI=1S/C24H32N2O3S/c1-17-8-13-21(30(28,29)26-14-6-7-15-26)16-22(17)23(27)25-18(2)19-9-11-20(12-10-19)24(3,4)5/h8-13,16,18H,6-7,14-15H2,1-5H3,(H,25,27)/t18-/m1/s1. The highest BCUT2D eigenvalue weighted by Gasteiger charge is 2.28. The molecule has 0 saturated carbocycles. The summed E-state index contributed by atoms with van der Waals surface area (Å²) in [5.74, 6) is -0.265. The second-order valence-corrected chi connectivity index (χ2v) is 11.1. The zero-order valence-corrected chi connectivity index (χ0v) is 19.3. The van der Waals surface area contributed by atoms with Crippen LogP contribution < -0.4 is 5.32 Å². The van der Waals surface area contributed by atoms with Crippen molar-refractivity contribution in [2.45, 2.75) is 63.8 Å². The van der Waals surface area contributed by atoms with Crippen molar-refractivity contribution >= 4 is 15.9 Å². The van der Waals surface area contributed by atoms with E-state index in [1.54, 1.807) is 12.1 Å². The van der Waals surface area contributed by atoms with Gasteiger partial charge >= 0.3 is 0 Å². The monoisotopic (exact) mass is 428 g/mol. The van der Waals surface area contributed by atoms with Crippen LogP contribution in [0.25, 0.3) is 0 Å². The van der Waals surface area contributed by atoms with Gasteiger partial charge in [-0.3, -0.25) is 4.79 Å². The van der Waals surface area contributed by atoms with E-state index in [9.17, 15) is 13.2 Å². The minimum Gasteiger partial charge on any atom is -0.346 e. The second-order valence-electron chi connectivity index (χ2n) is 9.16. The molecule has 5 nitrogen and oxygen atoms in total. The van der Waals surface area contributed by atoms with Crippen LogP contribution in [0.3, 0.4) is 0 Å². The van der Waals surface area contributed by atoms with Crippen LogP contribution in [0, 0.1) is 6.92 Å². The molecular formula is C24H32N2O3S. The Morgan fingerprint density at radius 1 is 1.03 bits per heavy atom. The normalized spacial score (nSPS) is 16.4. The molecule has 6 heteroatoms. The molecule has 1 aliphatic heterocycles. The van der Waals surface area contributed by atoms with Crippen molar-refractivity contribution in [2.75, 3.05) is 13.1 Å². The highest BCUT2D eigenvalue weighted by molar-refractivity contribution is 7.89. The first kappa shape index (κ1) is 22.5. The molecule has 0 bridgehead atoms. The summed E-state index contributed by atoms with van der Waals surface area (Å²) in [6.07, 6.45) is 1.76. The lowest BCUT2D eigenvalue weighted by Gasteiger charge is -2.21. The van der Waals surface area contributed by atoms with Crippen molar-refractivity contribution in [3.8, 4) is 0 Å². The molecule has 0 spiro atoms. The Morgan fingerprint density at radius 3 is 2.20 bits per heavy atom. The third-order valence-electron chi connectivity index (χ3n) is 5.78. The number of benzene rings is 2. The lowest BCUT2D eigenvalue weighted by molar-refractivity contribution is 0.0939. The molecule has 1 aliphatic rings. The Balaban J connectivity index is 1.79. The highest BCUT2D eigenvalue weighted by Crippen LogP contribution is 2.25. The molecule has 0 unspecified atom stereocenters. The van der Waals surface area contributed by atoms with E-state index < -0.39 is 10.0 Å². The summed E-state index contributed by atoms with van der Waals surface area (Å²) in [5.41, 5.74) is 3.47. The molecule has 0 aromatic heterocycles. The Bertz CT molecular complexity index is 1020. The molecule has 162 valence electrons. The average molecular weight is 429 g/mol. The van der Waals surface area contributed by atoms with E-state index in [-0.39, 0.29) is 22.3 Å². The van der Waals surface area contributed by atoms with Gasteiger partial charge in [0.25, 0.3) is 5.91 Å². The number of nitrogens with one attached hydrogen (secondary N) is 1. The molecule has 1 atom stereocenters. The summed E-state index contributed by atoms with van der Waals surface area (Å²) in [6.45, 7) is 11.3. The van der Waals surface area contributed by atoms with Gasteiger partial charge < -0.3 is 5.32 Å². The molecular weight excluding hydrogens is 396 g/mol. The largest absolute Gasteiger partial charge is 0.346 e. The van der Waals surface area contributed by atoms with Crippen LogP contribution in [0.2, 0.25) is 0 Å². The Labute approximate surface area is 180 Å². The van der Waals surface area contributed by atoms with Crippen LogP contribution in [-0.2, 0) is 15.4 Å². The van der Waals surface area contributed by atoms with Crippen molar-refractivity contribution in [3.05, 3.63) is 64.7 Å². The number of hydrogen-bond acceptors (Lipinski definition) is 3. The van der Waals surface area contributed by atoms with Gasteiger partial charge in [0.15, 0.2) is 0 Å². The number of sulfonamides is 1. The third kappa shape index (κ3) is 4.76. The maximum atomic E-state index is 13.0. The zero-order chi connectivity index (χ0) is 22.1. The average Bonchev–Trinajstić information content (AvgIpc) is 3.23. The van der Waals surface area contributed by atoms with Gasteiger partial charge in [0.2, 0.25) is 10.0 Å². The molecule has 0 radical (unpaired) electrons. The summed E-state index contributed by atoms with van der Waals surface area (Å²) >= 11 is 0. The highest BCUT2D eigenvalue weighted by atomic mass is 32.2. The molecule has 2 aromatic rings. The number of carbonyl (C=O) groups is 1. The van der Waals surface area contributed by atoms with Crippen LogP contribution >= 0.6 is 0 Å². The lowest BCUT2D eigenvalue weighted by atomic mass is 9.86. The maximum absolute atomic E-state index is 13.0. The first-order valence-corrected chi connectivity index (χ1v) is 12.0. The fourth-order valence-corrected chi connectivity index (χ4v) is 5.26. The van der Waals surface area contributed by atoms with Crippen LogP contribution in [0.1, 0.15) is 73.6 Å². The molecule has 1 N–H and O–H groups in total. The molecule has 0 aliphatic carbocycles. The van der Waals surface area contributed by atoms with E-state index >= 15 is 0 Å². The first-order chi connectivity index (χ1) is 14.0. The maximum Gasteiger partial charge on any atom is 0.252 e. The van der Waals surface area contributed by atoms with Crippen molar-refractivity contribution < 1.29 is 13.2 Å². The predicted octanol–water partition coefficient (Wildman–Crippen LogP) is 4.57. The van der Waals surface area contributed by atoms with Crippen LogP contribution in [-0.4, -0.2) is 31.7 Å². The quantitative estimate of drug-likeness (QED) is 0.759. The number of rotatable bonds is 5. The fraction of sp³-hybridized carbons (Fsp3) is 0.458. The topological polar surface area (TPSA) is 66.5 Å². The van der Waals surface area contributed by atoms with E-state index in [2.05, 4.69) is 38.2 Å². The fourth-order valence-electron chi connectivity index (χ4n) is 3.71. The molecule has 1 heterocycles. The van der Waals surface area contributed by atoms with E-state index in [0.717, 1.165) is 24.0 Å². The van der Waals surface area contributed by atoms with E-state index in [4.69, 9.17) is 0 Å². The molecule has 3 rings (SSSR count). The smallest absolute Gasteiger partial charge is 0.252 e. The van der Waals surface area contributed by atoms with Crippen molar-refractivity contribution in [2.24, 2.45) is 0 Å². The van der Waals surface area contributed by atoms with Crippen LogP contribution in [0.4, 0.5) is 0 Å². The van der Waals surface area contributed by atoms with Gasteiger partial charge in [-0.2, -0.15) is 4.31 Å². The Morgan fingerprint density at radius 2 is 1.63 bits per heavy atom. The SMILES string of the molecule is Cc1ccc(S(=O)(=O)N2CCCC2)cc1C(=O)N[C@H](C)c1ccc(C(C)(C)C)cc1. The zero-order valence-electron chi connectivity index (χ0n) is 18.5. The van der Waals surface area contributed by atoms with Gasteiger partial charge in [-0.15, -0.1) is 0 Å². The number of aryl methyl sites for hydroxylation is 1. The molecule has 30 heavy (non-hydrogen) atoms. The minimum absolute atomic E-state index is 0.0728. The lowest BCUT2D eigenvalue weighted by Crippen LogP contribution is -2.29. The van der Waals surface area contributed by atoms with Crippen molar-refractivity contribution in [3.63, 3.8) is 0 Å². The molecule has 2 aromatic carbocycles. The summed E-state index contributed by atoms with van der Waals surface area (Å²) in [4.78, 5) is 13.1. The van der Waals surface area contributed by atoms with E-state index in [0.29, 0.717) is 18.7 Å². The van der Waals surface area contributed by atoms with E-state index in [1.807, 2.05) is 26.0 Å². The van der Waals surface area contributed by atoms with Gasteiger partial charge in [-0.1, -0.05) is 51.1 Å². The third-order valence-corrected chi connectivity index (χ3v) is 7.68. The van der Waals surface area contributed by atoms with Crippen molar-refractivity contribution in [1.29, 1.82) is 0 Å². The molecule has 1 amide bonds. The number of carbonyl (C=O) groups excluding carboxylic acids is 1. The van der Waals surface area contributed by atoms with Crippen molar-refractivity contribution in [1.82, 2.24) is 9.62 Å². The Hall–Kier alpha value is -2.18. The van der Waals surface area contributed by atoms with Crippen LogP contribution in [0.5, 0.6) is 0 Å². The Kier molecular flexibility index (Phi) is 6.39. The van der Waals surface area contributed by atoms with Gasteiger partial charge in [-0.05, 0) is 60.9 Å². The van der Waals surface area contributed by atoms with Gasteiger partial charge in [-0.25, -0.2) is 8.42 Å². The molecule has 1 saturated heterocycles. The van der Waals surface area contributed by atoms with Gasteiger partial charge in [0.1, 0.15) is 0 Å².